The zero-order chi connectivity index (χ0) is 14.5. The van der Waals surface area contributed by atoms with E-state index in [-0.39, 0.29) is 0 Å². The number of hydrogen-bond acceptors (Lipinski definition) is 4. The Bertz CT molecular complexity index is 642. The van der Waals surface area contributed by atoms with Crippen LogP contribution in [0.1, 0.15) is 5.56 Å². The number of para-hydroxylation sites is 1. The van der Waals surface area contributed by atoms with Crippen molar-refractivity contribution in [3.63, 3.8) is 0 Å². The molecular formula is C15H12BrNO3. The molecule has 2 aromatic rings. The molecule has 2 rings (SSSR count). The Balaban J connectivity index is 2.44. The highest BCUT2D eigenvalue weighted by Gasteiger charge is 2.13. The van der Waals surface area contributed by atoms with Crippen LogP contribution >= 0.6 is 15.9 Å². The summed E-state index contributed by atoms with van der Waals surface area (Å²) in [5.41, 5.74) is 0.503. The van der Waals surface area contributed by atoms with Crippen LogP contribution in [0.25, 0.3) is 0 Å². The first kappa shape index (κ1) is 14.2. The molecule has 0 amide bonds. The summed E-state index contributed by atoms with van der Waals surface area (Å²) in [6.07, 6.45) is 0. The van der Waals surface area contributed by atoms with Gasteiger partial charge in [0.1, 0.15) is 5.75 Å². The van der Waals surface area contributed by atoms with E-state index in [1.165, 1.54) is 0 Å². The Hall–Kier alpha value is -2.19. The molecule has 0 aliphatic carbocycles. The van der Waals surface area contributed by atoms with Crippen molar-refractivity contribution in [3.8, 4) is 29.1 Å². The number of methoxy groups -OCH3 is 2. The molecule has 4 nitrogen and oxygen atoms in total. The number of hydrogen-bond donors (Lipinski definition) is 0. The van der Waals surface area contributed by atoms with Crippen molar-refractivity contribution in [1.82, 2.24) is 0 Å². The van der Waals surface area contributed by atoms with Crippen LogP contribution in [-0.2, 0) is 0 Å². The average Bonchev–Trinajstić information content (AvgIpc) is 2.46. The normalized spacial score (nSPS) is 9.70. The fraction of sp³-hybridized carbons (Fsp3) is 0.133. The Morgan fingerprint density at radius 3 is 2.25 bits per heavy atom. The molecule has 0 aliphatic heterocycles. The highest BCUT2D eigenvalue weighted by atomic mass is 79.9. The van der Waals surface area contributed by atoms with Crippen molar-refractivity contribution in [1.29, 1.82) is 5.26 Å². The van der Waals surface area contributed by atoms with Crippen LogP contribution < -0.4 is 14.2 Å². The number of nitriles is 1. The van der Waals surface area contributed by atoms with Gasteiger partial charge in [0.2, 0.25) is 5.75 Å². The number of benzene rings is 2. The molecule has 102 valence electrons. The summed E-state index contributed by atoms with van der Waals surface area (Å²) in [4.78, 5) is 0. The van der Waals surface area contributed by atoms with Gasteiger partial charge in [0.25, 0.3) is 0 Å². The van der Waals surface area contributed by atoms with Crippen molar-refractivity contribution in [2.24, 2.45) is 0 Å². The van der Waals surface area contributed by atoms with Crippen molar-refractivity contribution in [2.45, 2.75) is 0 Å². The third kappa shape index (κ3) is 3.03. The first-order valence-electron chi connectivity index (χ1n) is 5.77. The van der Waals surface area contributed by atoms with Crippen molar-refractivity contribution < 1.29 is 14.2 Å². The second kappa shape index (κ2) is 6.31. The average molecular weight is 334 g/mol. The maximum Gasteiger partial charge on any atom is 0.210 e. The molecule has 0 fully saturated rings. The summed E-state index contributed by atoms with van der Waals surface area (Å²) in [6, 6.07) is 12.6. The smallest absolute Gasteiger partial charge is 0.210 e. The van der Waals surface area contributed by atoms with Crippen LogP contribution in [0.15, 0.2) is 40.9 Å². The Labute approximate surface area is 125 Å². The molecule has 0 heterocycles. The fourth-order valence-electron chi connectivity index (χ4n) is 1.72. The fourth-order valence-corrected chi connectivity index (χ4v) is 2.19. The molecule has 0 saturated heterocycles. The highest BCUT2D eigenvalue weighted by Crippen LogP contribution is 2.40. The van der Waals surface area contributed by atoms with E-state index in [0.717, 1.165) is 4.47 Å². The van der Waals surface area contributed by atoms with E-state index < -0.39 is 0 Å². The lowest BCUT2D eigenvalue weighted by molar-refractivity contribution is 0.346. The van der Waals surface area contributed by atoms with E-state index in [1.807, 2.05) is 6.07 Å². The van der Waals surface area contributed by atoms with Gasteiger partial charge >= 0.3 is 0 Å². The van der Waals surface area contributed by atoms with Gasteiger partial charge in [0, 0.05) is 4.47 Å². The monoisotopic (exact) mass is 333 g/mol. The molecular weight excluding hydrogens is 322 g/mol. The maximum absolute atomic E-state index is 8.98. The summed E-state index contributed by atoms with van der Waals surface area (Å²) < 4.78 is 17.1. The molecule has 2 aromatic carbocycles. The third-order valence-corrected chi connectivity index (χ3v) is 3.06. The zero-order valence-corrected chi connectivity index (χ0v) is 12.6. The molecule has 0 spiro atoms. The van der Waals surface area contributed by atoms with Gasteiger partial charge in [-0.2, -0.15) is 5.26 Å². The summed E-state index contributed by atoms with van der Waals surface area (Å²) in [7, 11) is 3.12. The van der Waals surface area contributed by atoms with E-state index in [9.17, 15) is 0 Å². The van der Waals surface area contributed by atoms with Crippen LogP contribution in [0, 0.1) is 11.3 Å². The first-order chi connectivity index (χ1) is 9.67. The van der Waals surface area contributed by atoms with Gasteiger partial charge in [0.15, 0.2) is 11.5 Å². The molecule has 0 atom stereocenters. The van der Waals surface area contributed by atoms with Gasteiger partial charge in [-0.25, -0.2) is 0 Å². The lowest BCUT2D eigenvalue weighted by atomic mass is 10.2. The van der Waals surface area contributed by atoms with Gasteiger partial charge in [-0.05, 0) is 30.3 Å². The van der Waals surface area contributed by atoms with Crippen LogP contribution in [0.5, 0.6) is 23.0 Å². The summed E-state index contributed by atoms with van der Waals surface area (Å²) in [6.45, 7) is 0. The lowest BCUT2D eigenvalue weighted by Crippen LogP contribution is -1.94. The van der Waals surface area contributed by atoms with Gasteiger partial charge in [-0.1, -0.05) is 22.0 Å². The van der Waals surface area contributed by atoms with Gasteiger partial charge < -0.3 is 14.2 Å². The van der Waals surface area contributed by atoms with Gasteiger partial charge in [-0.15, -0.1) is 0 Å². The number of rotatable bonds is 4. The molecule has 0 bridgehead atoms. The quantitative estimate of drug-likeness (QED) is 0.844. The summed E-state index contributed by atoms with van der Waals surface area (Å²) in [5.74, 6) is 2.11. The molecule has 0 N–H and O–H groups in total. The standard InChI is InChI=1S/C15H12BrNO3/c1-18-13-4-3-5-14(19-2)15(13)20-12-7-10(9-17)6-11(16)8-12/h3-8H,1-2H3. The predicted octanol–water partition coefficient (Wildman–Crippen LogP) is 4.13. The predicted molar refractivity (Wildman–Crippen MR) is 78.5 cm³/mol. The second-order valence-corrected chi connectivity index (χ2v) is 4.80. The Morgan fingerprint density at radius 1 is 1.05 bits per heavy atom. The van der Waals surface area contributed by atoms with E-state index in [2.05, 4.69) is 22.0 Å². The number of ether oxygens (including phenoxy) is 3. The van der Waals surface area contributed by atoms with Gasteiger partial charge in [0.05, 0.1) is 25.9 Å². The number of halogens is 1. The molecule has 0 aliphatic rings. The lowest BCUT2D eigenvalue weighted by Gasteiger charge is -2.14. The van der Waals surface area contributed by atoms with Crippen molar-refractivity contribution in [2.75, 3.05) is 14.2 Å². The topological polar surface area (TPSA) is 51.5 Å². The van der Waals surface area contributed by atoms with E-state index >= 15 is 0 Å². The van der Waals surface area contributed by atoms with Gasteiger partial charge in [-0.3, -0.25) is 0 Å². The van der Waals surface area contributed by atoms with E-state index in [1.54, 1.807) is 44.6 Å². The molecule has 0 radical (unpaired) electrons. The summed E-state index contributed by atoms with van der Waals surface area (Å²) in [5, 5.41) is 8.98. The van der Waals surface area contributed by atoms with E-state index in [0.29, 0.717) is 28.6 Å². The minimum Gasteiger partial charge on any atom is -0.493 e. The molecule has 0 aromatic heterocycles. The largest absolute Gasteiger partial charge is 0.493 e. The van der Waals surface area contributed by atoms with Crippen LogP contribution in [-0.4, -0.2) is 14.2 Å². The summed E-state index contributed by atoms with van der Waals surface area (Å²) >= 11 is 3.34. The van der Waals surface area contributed by atoms with Crippen LogP contribution in [0.2, 0.25) is 0 Å². The van der Waals surface area contributed by atoms with Crippen LogP contribution in [0.3, 0.4) is 0 Å². The number of nitrogens with zero attached hydrogens (tertiary/aromatic N) is 1. The Morgan fingerprint density at radius 2 is 1.70 bits per heavy atom. The molecule has 0 unspecified atom stereocenters. The minimum absolute atomic E-state index is 0.472. The maximum atomic E-state index is 8.98. The highest BCUT2D eigenvalue weighted by molar-refractivity contribution is 9.10. The van der Waals surface area contributed by atoms with E-state index in [4.69, 9.17) is 19.5 Å². The first-order valence-corrected chi connectivity index (χ1v) is 6.56. The van der Waals surface area contributed by atoms with Crippen molar-refractivity contribution >= 4 is 15.9 Å². The molecule has 5 heteroatoms. The molecule has 20 heavy (non-hydrogen) atoms. The zero-order valence-electron chi connectivity index (χ0n) is 11.0. The van der Waals surface area contributed by atoms with Crippen molar-refractivity contribution in [3.05, 3.63) is 46.4 Å². The SMILES string of the molecule is COc1cccc(OC)c1Oc1cc(Br)cc(C#N)c1. The Kier molecular flexibility index (Phi) is 4.49. The minimum atomic E-state index is 0.472. The third-order valence-electron chi connectivity index (χ3n) is 2.60. The molecule has 0 saturated carbocycles. The second-order valence-electron chi connectivity index (χ2n) is 3.88. The van der Waals surface area contributed by atoms with Crippen LogP contribution in [0.4, 0.5) is 0 Å².